The Morgan fingerprint density at radius 1 is 1.08 bits per heavy atom. The van der Waals surface area contributed by atoms with Gasteiger partial charge in [-0.1, -0.05) is 53.7 Å². The van der Waals surface area contributed by atoms with Crippen LogP contribution in [-0.4, -0.2) is 47.2 Å². The van der Waals surface area contributed by atoms with Gasteiger partial charge in [0.1, 0.15) is 0 Å². The summed E-state index contributed by atoms with van der Waals surface area (Å²) < 4.78 is 4.52. The molecule has 0 aromatic rings. The van der Waals surface area contributed by atoms with Crippen molar-refractivity contribution in [3.8, 4) is 0 Å². The molecule has 0 aliphatic rings. The van der Waals surface area contributed by atoms with E-state index in [-0.39, 0.29) is 6.61 Å². The summed E-state index contributed by atoms with van der Waals surface area (Å²) in [5, 5.41) is 27.9. The molecule has 0 rings (SSSR count). The number of carbonyl (C=O) groups is 1. The number of hydrogen-bond donors (Lipinski definition) is 3. The minimum atomic E-state index is -0.947. The monoisotopic (exact) mass is 336 g/mol. The van der Waals surface area contributed by atoms with E-state index in [4.69, 9.17) is 5.11 Å². The first-order chi connectivity index (χ1) is 11.4. The zero-order chi connectivity index (χ0) is 18.4. The van der Waals surface area contributed by atoms with E-state index in [1.54, 1.807) is 18.2 Å². The fraction of sp³-hybridized carbons (Fsp3) is 0.421. The van der Waals surface area contributed by atoms with E-state index in [9.17, 15) is 15.0 Å². The molecular formula is C19H28O5. The molecule has 24 heavy (non-hydrogen) atoms. The molecule has 5 heteroatoms. The first kappa shape index (κ1) is 22.1. The molecule has 0 aromatic carbocycles. The lowest BCUT2D eigenvalue weighted by Crippen LogP contribution is -2.23. The molecule has 5 nitrogen and oxygen atoms in total. The molecule has 2 atom stereocenters. The summed E-state index contributed by atoms with van der Waals surface area (Å²) in [4.78, 5) is 11.0. The van der Waals surface area contributed by atoms with Crippen molar-refractivity contribution in [1.29, 1.82) is 0 Å². The Bertz CT molecular complexity index is 512. The van der Waals surface area contributed by atoms with Gasteiger partial charge in [-0.25, -0.2) is 4.79 Å². The molecular weight excluding hydrogens is 308 g/mol. The SMILES string of the molecule is COC(=O)C=CC(C)=CC(C)=CC=CC=CC(O)C(O)CCCO. The van der Waals surface area contributed by atoms with Gasteiger partial charge < -0.3 is 20.1 Å². The minimum Gasteiger partial charge on any atom is -0.466 e. The number of hydrogen-bond acceptors (Lipinski definition) is 5. The minimum absolute atomic E-state index is 0.000773. The van der Waals surface area contributed by atoms with E-state index >= 15 is 0 Å². The van der Waals surface area contributed by atoms with E-state index in [0.29, 0.717) is 12.8 Å². The van der Waals surface area contributed by atoms with Crippen molar-refractivity contribution in [3.05, 3.63) is 59.8 Å². The number of esters is 1. The highest BCUT2D eigenvalue weighted by Crippen LogP contribution is 2.05. The first-order valence-corrected chi connectivity index (χ1v) is 7.83. The van der Waals surface area contributed by atoms with Crippen LogP contribution in [0.5, 0.6) is 0 Å². The highest BCUT2D eigenvalue weighted by molar-refractivity contribution is 5.82. The molecule has 3 N–H and O–H groups in total. The highest BCUT2D eigenvalue weighted by atomic mass is 16.5. The average molecular weight is 336 g/mol. The predicted octanol–water partition coefficient (Wildman–Crippen LogP) is 2.21. The van der Waals surface area contributed by atoms with Crippen molar-refractivity contribution >= 4 is 5.97 Å². The standard InChI is InChI=1S/C19H28O5/c1-15(14-16(2)11-12-19(23)24-3)8-5-4-6-9-17(21)18(22)10-7-13-20/h4-6,8-9,11-12,14,17-18,20-22H,7,10,13H2,1-3H3. The van der Waals surface area contributed by atoms with E-state index < -0.39 is 18.2 Å². The molecule has 0 heterocycles. The van der Waals surface area contributed by atoms with Crippen molar-refractivity contribution in [2.45, 2.75) is 38.9 Å². The zero-order valence-electron chi connectivity index (χ0n) is 14.6. The maximum Gasteiger partial charge on any atom is 0.330 e. The summed E-state index contributed by atoms with van der Waals surface area (Å²) in [6.45, 7) is 3.81. The number of methoxy groups -OCH3 is 1. The van der Waals surface area contributed by atoms with Gasteiger partial charge in [0, 0.05) is 12.7 Å². The number of rotatable bonds is 10. The van der Waals surface area contributed by atoms with Crippen molar-refractivity contribution in [2.24, 2.45) is 0 Å². The van der Waals surface area contributed by atoms with Crippen molar-refractivity contribution < 1.29 is 24.9 Å². The molecule has 0 bridgehead atoms. The third-order valence-corrected chi connectivity index (χ3v) is 3.08. The van der Waals surface area contributed by atoms with Crippen LogP contribution in [0.2, 0.25) is 0 Å². The summed E-state index contributed by atoms with van der Waals surface area (Å²) in [5.74, 6) is -0.394. The Labute approximate surface area is 144 Å². The van der Waals surface area contributed by atoms with Crippen LogP contribution < -0.4 is 0 Å². The number of aliphatic hydroxyl groups excluding tert-OH is 3. The average Bonchev–Trinajstić information content (AvgIpc) is 2.56. The quantitative estimate of drug-likeness (QED) is 0.323. The summed E-state index contributed by atoms with van der Waals surface area (Å²) in [5.41, 5.74) is 1.91. The van der Waals surface area contributed by atoms with Crippen LogP contribution in [0, 0.1) is 0 Å². The third-order valence-electron chi connectivity index (χ3n) is 3.08. The second-order valence-electron chi connectivity index (χ2n) is 5.35. The summed E-state index contributed by atoms with van der Waals surface area (Å²) >= 11 is 0. The Morgan fingerprint density at radius 2 is 1.79 bits per heavy atom. The van der Waals surface area contributed by atoms with Crippen molar-refractivity contribution in [2.75, 3.05) is 13.7 Å². The van der Waals surface area contributed by atoms with Crippen LogP contribution in [0.3, 0.4) is 0 Å². The number of allylic oxidation sites excluding steroid dienone is 8. The summed E-state index contributed by atoms with van der Waals surface area (Å²) in [7, 11) is 1.33. The normalized spacial score (nSPS) is 16.2. The Morgan fingerprint density at radius 3 is 2.42 bits per heavy atom. The zero-order valence-corrected chi connectivity index (χ0v) is 14.6. The van der Waals surface area contributed by atoms with E-state index in [2.05, 4.69) is 4.74 Å². The lowest BCUT2D eigenvalue weighted by atomic mass is 10.1. The number of aliphatic hydroxyl groups is 3. The summed E-state index contributed by atoms with van der Waals surface area (Å²) in [6, 6.07) is 0. The van der Waals surface area contributed by atoms with Gasteiger partial charge in [-0.2, -0.15) is 0 Å². The van der Waals surface area contributed by atoms with Crippen LogP contribution >= 0.6 is 0 Å². The third kappa shape index (κ3) is 11.6. The van der Waals surface area contributed by atoms with Gasteiger partial charge in [0.15, 0.2) is 0 Å². The smallest absolute Gasteiger partial charge is 0.330 e. The molecule has 0 radical (unpaired) electrons. The molecule has 0 spiro atoms. The fourth-order valence-corrected chi connectivity index (χ4v) is 1.77. The molecule has 0 amide bonds. The van der Waals surface area contributed by atoms with Crippen molar-refractivity contribution in [1.82, 2.24) is 0 Å². The maximum atomic E-state index is 11.0. The van der Waals surface area contributed by atoms with Gasteiger partial charge in [0.2, 0.25) is 0 Å². The van der Waals surface area contributed by atoms with E-state index in [1.807, 2.05) is 32.1 Å². The largest absolute Gasteiger partial charge is 0.466 e. The number of ether oxygens (including phenoxy) is 1. The van der Waals surface area contributed by atoms with Gasteiger partial charge in [-0.15, -0.1) is 0 Å². The lowest BCUT2D eigenvalue weighted by Gasteiger charge is -2.13. The Hall–Kier alpha value is -1.95. The molecule has 0 fully saturated rings. The van der Waals surface area contributed by atoms with Crippen LogP contribution in [0.4, 0.5) is 0 Å². The topological polar surface area (TPSA) is 87.0 Å². The Balaban J connectivity index is 4.45. The van der Waals surface area contributed by atoms with Gasteiger partial charge in [-0.05, 0) is 26.7 Å². The van der Waals surface area contributed by atoms with Crippen LogP contribution in [0.25, 0.3) is 0 Å². The first-order valence-electron chi connectivity index (χ1n) is 7.83. The second-order valence-corrected chi connectivity index (χ2v) is 5.35. The molecule has 0 aliphatic heterocycles. The van der Waals surface area contributed by atoms with Crippen LogP contribution in [0.15, 0.2) is 59.8 Å². The van der Waals surface area contributed by atoms with Gasteiger partial charge in [0.05, 0.1) is 19.3 Å². The van der Waals surface area contributed by atoms with E-state index in [1.165, 1.54) is 19.3 Å². The van der Waals surface area contributed by atoms with Crippen LogP contribution in [0.1, 0.15) is 26.7 Å². The maximum absolute atomic E-state index is 11.0. The van der Waals surface area contributed by atoms with Gasteiger partial charge in [0.25, 0.3) is 0 Å². The lowest BCUT2D eigenvalue weighted by molar-refractivity contribution is -0.134. The molecule has 0 saturated carbocycles. The highest BCUT2D eigenvalue weighted by Gasteiger charge is 2.11. The summed E-state index contributed by atoms with van der Waals surface area (Å²) in [6.07, 6.45) is 12.6. The number of carbonyl (C=O) groups excluding carboxylic acids is 1. The van der Waals surface area contributed by atoms with Gasteiger partial charge in [-0.3, -0.25) is 0 Å². The molecule has 0 aliphatic carbocycles. The Kier molecular flexibility index (Phi) is 12.4. The van der Waals surface area contributed by atoms with E-state index in [0.717, 1.165) is 11.1 Å². The second kappa shape index (κ2) is 13.5. The van der Waals surface area contributed by atoms with Crippen molar-refractivity contribution in [3.63, 3.8) is 0 Å². The predicted molar refractivity (Wildman–Crippen MR) is 95.3 cm³/mol. The molecule has 0 saturated heterocycles. The van der Waals surface area contributed by atoms with Gasteiger partial charge >= 0.3 is 5.97 Å². The fourth-order valence-electron chi connectivity index (χ4n) is 1.77. The van der Waals surface area contributed by atoms with Crippen LogP contribution in [-0.2, 0) is 9.53 Å². The molecule has 0 aromatic heterocycles. The molecule has 134 valence electrons. The molecule has 2 unspecified atom stereocenters.